The van der Waals surface area contributed by atoms with Crippen LogP contribution in [0.1, 0.15) is 30.1 Å². The van der Waals surface area contributed by atoms with Crippen LogP contribution in [0.15, 0.2) is 47.2 Å². The van der Waals surface area contributed by atoms with Crippen molar-refractivity contribution in [2.75, 3.05) is 16.3 Å². The Morgan fingerprint density at radius 1 is 1.21 bits per heavy atom. The molecule has 0 unspecified atom stereocenters. The topological polar surface area (TPSA) is 71.6 Å². The third-order valence-corrected chi connectivity index (χ3v) is 5.28. The van der Waals surface area contributed by atoms with Crippen LogP contribution in [0.2, 0.25) is 0 Å². The standard InChI is InChI=1S/C21H22N4O3/c1-13-12-24(21(27)20-6-5-9-28-20)19-10-16(17-11-22-23(4)14(17)2)7-8-18(19)25(13)15(3)26/h5-11,13H,12H2,1-4H3/t13-/m0/s1. The number of aryl methyl sites for hydroxylation is 1. The summed E-state index contributed by atoms with van der Waals surface area (Å²) in [6.45, 7) is 5.87. The zero-order valence-corrected chi connectivity index (χ0v) is 16.3. The Morgan fingerprint density at radius 3 is 2.61 bits per heavy atom. The van der Waals surface area contributed by atoms with Crippen LogP contribution in [0.25, 0.3) is 11.1 Å². The molecule has 1 aromatic carbocycles. The predicted molar refractivity (Wildman–Crippen MR) is 106 cm³/mol. The SMILES string of the molecule is CC(=O)N1c2ccc(-c3cnn(C)c3C)cc2N(C(=O)c2ccco2)C[C@@H]1C. The molecule has 0 bridgehead atoms. The third-order valence-electron chi connectivity index (χ3n) is 5.28. The highest BCUT2D eigenvalue weighted by atomic mass is 16.3. The first kappa shape index (κ1) is 18.0. The van der Waals surface area contributed by atoms with Gasteiger partial charge >= 0.3 is 0 Å². The van der Waals surface area contributed by atoms with Crippen LogP contribution >= 0.6 is 0 Å². The maximum Gasteiger partial charge on any atom is 0.294 e. The maximum atomic E-state index is 13.1. The molecule has 1 atom stereocenters. The lowest BCUT2D eigenvalue weighted by atomic mass is 10.0. The number of carbonyl (C=O) groups is 2. The van der Waals surface area contributed by atoms with Gasteiger partial charge in [-0.3, -0.25) is 14.3 Å². The quantitative estimate of drug-likeness (QED) is 0.685. The molecule has 2 amide bonds. The first-order chi connectivity index (χ1) is 13.4. The molecule has 0 fully saturated rings. The van der Waals surface area contributed by atoms with E-state index < -0.39 is 0 Å². The highest BCUT2D eigenvalue weighted by Gasteiger charge is 2.35. The van der Waals surface area contributed by atoms with Crippen molar-refractivity contribution in [3.63, 3.8) is 0 Å². The number of rotatable bonds is 2. The van der Waals surface area contributed by atoms with Crippen molar-refractivity contribution >= 4 is 23.2 Å². The van der Waals surface area contributed by atoms with Gasteiger partial charge in [-0.2, -0.15) is 5.10 Å². The lowest BCUT2D eigenvalue weighted by molar-refractivity contribution is -0.117. The van der Waals surface area contributed by atoms with E-state index in [0.29, 0.717) is 12.2 Å². The summed E-state index contributed by atoms with van der Waals surface area (Å²) in [7, 11) is 1.89. The Balaban J connectivity index is 1.87. The number of fused-ring (bicyclic) bond motifs is 1. The van der Waals surface area contributed by atoms with E-state index in [1.54, 1.807) is 28.9 Å². The summed E-state index contributed by atoms with van der Waals surface area (Å²) in [4.78, 5) is 28.8. The smallest absolute Gasteiger partial charge is 0.294 e. The van der Waals surface area contributed by atoms with E-state index in [0.717, 1.165) is 22.5 Å². The minimum atomic E-state index is -0.221. The molecule has 3 heterocycles. The lowest BCUT2D eigenvalue weighted by Gasteiger charge is -2.40. The van der Waals surface area contributed by atoms with Gasteiger partial charge in [-0.05, 0) is 43.7 Å². The highest BCUT2D eigenvalue weighted by molar-refractivity contribution is 6.10. The normalized spacial score (nSPS) is 16.2. The number of hydrogen-bond donors (Lipinski definition) is 0. The molecule has 1 aliphatic heterocycles. The van der Waals surface area contributed by atoms with E-state index in [1.807, 2.05) is 50.0 Å². The molecule has 2 aromatic heterocycles. The number of carbonyl (C=O) groups excluding carboxylic acids is 2. The average molecular weight is 378 g/mol. The van der Waals surface area contributed by atoms with Crippen LogP contribution < -0.4 is 9.80 Å². The molecule has 0 aliphatic carbocycles. The van der Waals surface area contributed by atoms with Gasteiger partial charge in [0.1, 0.15) is 0 Å². The summed E-state index contributed by atoms with van der Waals surface area (Å²) >= 11 is 0. The Hall–Kier alpha value is -3.35. The van der Waals surface area contributed by atoms with Crippen molar-refractivity contribution in [1.29, 1.82) is 0 Å². The molecule has 28 heavy (non-hydrogen) atoms. The Kier molecular flexibility index (Phi) is 4.30. The lowest BCUT2D eigenvalue weighted by Crippen LogP contribution is -2.51. The number of amides is 2. The van der Waals surface area contributed by atoms with Gasteiger partial charge in [0.25, 0.3) is 5.91 Å². The van der Waals surface area contributed by atoms with Crippen molar-refractivity contribution in [3.05, 3.63) is 54.2 Å². The van der Waals surface area contributed by atoms with Crippen molar-refractivity contribution in [3.8, 4) is 11.1 Å². The molecular formula is C21H22N4O3. The second-order valence-corrected chi connectivity index (χ2v) is 7.10. The summed E-state index contributed by atoms with van der Waals surface area (Å²) in [5.41, 5.74) is 4.37. The second kappa shape index (κ2) is 6.67. The van der Waals surface area contributed by atoms with E-state index in [1.165, 1.54) is 6.26 Å². The number of benzene rings is 1. The molecule has 0 radical (unpaired) electrons. The van der Waals surface area contributed by atoms with Crippen molar-refractivity contribution in [2.24, 2.45) is 7.05 Å². The molecular weight excluding hydrogens is 356 g/mol. The molecule has 144 valence electrons. The highest BCUT2D eigenvalue weighted by Crippen LogP contribution is 2.40. The molecule has 4 rings (SSSR count). The van der Waals surface area contributed by atoms with E-state index in [-0.39, 0.29) is 23.6 Å². The van der Waals surface area contributed by atoms with E-state index in [2.05, 4.69) is 5.10 Å². The molecule has 7 heteroatoms. The number of furan rings is 1. The molecule has 0 N–H and O–H groups in total. The third kappa shape index (κ3) is 2.79. The largest absolute Gasteiger partial charge is 0.459 e. The minimum Gasteiger partial charge on any atom is -0.459 e. The molecule has 1 aliphatic rings. The van der Waals surface area contributed by atoms with Gasteiger partial charge in [-0.25, -0.2) is 0 Å². The van der Waals surface area contributed by atoms with Crippen LogP contribution in [0.5, 0.6) is 0 Å². The van der Waals surface area contributed by atoms with Gasteiger partial charge in [0, 0.05) is 31.8 Å². The van der Waals surface area contributed by atoms with Crippen LogP contribution in [0.3, 0.4) is 0 Å². The van der Waals surface area contributed by atoms with Gasteiger partial charge in [-0.1, -0.05) is 6.07 Å². The van der Waals surface area contributed by atoms with Gasteiger partial charge in [0.15, 0.2) is 5.76 Å². The van der Waals surface area contributed by atoms with Gasteiger partial charge < -0.3 is 14.2 Å². The number of anilines is 2. The molecule has 7 nitrogen and oxygen atoms in total. The summed E-state index contributed by atoms with van der Waals surface area (Å²) in [6.07, 6.45) is 3.29. The number of nitrogens with zero attached hydrogens (tertiary/aromatic N) is 4. The average Bonchev–Trinajstić information content (AvgIpc) is 3.31. The number of aromatic nitrogens is 2. The van der Waals surface area contributed by atoms with Gasteiger partial charge in [0.2, 0.25) is 5.91 Å². The first-order valence-corrected chi connectivity index (χ1v) is 9.16. The van der Waals surface area contributed by atoms with E-state index >= 15 is 0 Å². The van der Waals surface area contributed by atoms with E-state index in [9.17, 15) is 9.59 Å². The van der Waals surface area contributed by atoms with Crippen LogP contribution in [-0.2, 0) is 11.8 Å². The van der Waals surface area contributed by atoms with Crippen molar-refractivity contribution in [1.82, 2.24) is 9.78 Å². The van der Waals surface area contributed by atoms with Crippen molar-refractivity contribution in [2.45, 2.75) is 26.8 Å². The minimum absolute atomic E-state index is 0.0517. The monoisotopic (exact) mass is 378 g/mol. The molecule has 3 aromatic rings. The second-order valence-electron chi connectivity index (χ2n) is 7.10. The molecule has 0 saturated heterocycles. The Morgan fingerprint density at radius 2 is 2.00 bits per heavy atom. The van der Waals surface area contributed by atoms with Crippen LogP contribution in [0.4, 0.5) is 11.4 Å². The molecule has 0 spiro atoms. The summed E-state index contributed by atoms with van der Waals surface area (Å²) < 4.78 is 7.14. The first-order valence-electron chi connectivity index (χ1n) is 9.16. The number of hydrogen-bond acceptors (Lipinski definition) is 4. The van der Waals surface area contributed by atoms with Crippen molar-refractivity contribution < 1.29 is 14.0 Å². The van der Waals surface area contributed by atoms with Crippen LogP contribution in [-0.4, -0.2) is 34.2 Å². The Labute approximate surface area is 163 Å². The zero-order valence-electron chi connectivity index (χ0n) is 16.3. The van der Waals surface area contributed by atoms with Crippen LogP contribution in [0, 0.1) is 6.92 Å². The fourth-order valence-electron chi connectivity index (χ4n) is 3.78. The summed E-state index contributed by atoms with van der Waals surface area (Å²) in [5.74, 6) is 0.00269. The molecule has 0 saturated carbocycles. The van der Waals surface area contributed by atoms with Gasteiger partial charge in [0.05, 0.1) is 29.9 Å². The fraction of sp³-hybridized carbons (Fsp3) is 0.286. The van der Waals surface area contributed by atoms with Gasteiger partial charge in [-0.15, -0.1) is 0 Å². The van der Waals surface area contributed by atoms with E-state index in [4.69, 9.17) is 4.42 Å². The summed E-state index contributed by atoms with van der Waals surface area (Å²) in [5, 5.41) is 4.31. The maximum absolute atomic E-state index is 13.1. The Bertz CT molecular complexity index is 1050. The predicted octanol–water partition coefficient (Wildman–Crippen LogP) is 3.39. The summed E-state index contributed by atoms with van der Waals surface area (Å²) in [6, 6.07) is 9.01. The zero-order chi connectivity index (χ0) is 20.0. The fourth-order valence-corrected chi connectivity index (χ4v) is 3.78.